The van der Waals surface area contributed by atoms with Crippen LogP contribution in [0.4, 0.5) is 10.5 Å². The van der Waals surface area contributed by atoms with Gasteiger partial charge in [-0.15, -0.1) is 0 Å². The number of anilines is 1. The zero-order chi connectivity index (χ0) is 19.8. The minimum Gasteiger partial charge on any atom is -0.316 e. The van der Waals surface area contributed by atoms with E-state index in [2.05, 4.69) is 20.5 Å². The normalized spacial score (nSPS) is 12.8. The van der Waals surface area contributed by atoms with E-state index >= 15 is 0 Å². The Morgan fingerprint density at radius 3 is 2.52 bits per heavy atom. The predicted octanol–water partition coefficient (Wildman–Crippen LogP) is 3.53. The van der Waals surface area contributed by atoms with Crippen LogP contribution in [-0.4, -0.2) is 26.1 Å². The standard InChI is InChI=1S/C22H17N5O2/c28-21-19-4-2-1-3-18(19)20(25-26-21)14-5-7-17(8-6-14)24-22(29)27-12-15-9-10-23-11-16(15)13-27/h1-11H,12-13H2,(H,24,29)(H,26,28). The molecule has 2 aromatic heterocycles. The van der Waals surface area contributed by atoms with Gasteiger partial charge in [-0.1, -0.05) is 30.3 Å². The lowest BCUT2D eigenvalue weighted by molar-refractivity contribution is 0.212. The van der Waals surface area contributed by atoms with Crippen molar-refractivity contribution in [1.29, 1.82) is 0 Å². The van der Waals surface area contributed by atoms with Crippen LogP contribution in [0, 0.1) is 0 Å². The summed E-state index contributed by atoms with van der Waals surface area (Å²) in [5.41, 5.74) is 4.24. The van der Waals surface area contributed by atoms with E-state index in [4.69, 9.17) is 0 Å². The van der Waals surface area contributed by atoms with Crippen molar-refractivity contribution in [2.75, 3.05) is 5.32 Å². The molecule has 1 aliphatic heterocycles. The lowest BCUT2D eigenvalue weighted by atomic mass is 10.0. The zero-order valence-corrected chi connectivity index (χ0v) is 15.4. The van der Waals surface area contributed by atoms with Crippen molar-refractivity contribution in [3.8, 4) is 11.3 Å². The maximum absolute atomic E-state index is 12.6. The molecular weight excluding hydrogens is 366 g/mol. The van der Waals surface area contributed by atoms with Crippen molar-refractivity contribution >= 4 is 22.5 Å². The van der Waals surface area contributed by atoms with Gasteiger partial charge in [-0.05, 0) is 35.4 Å². The number of carbonyl (C=O) groups is 1. The Morgan fingerprint density at radius 2 is 1.72 bits per heavy atom. The molecule has 7 heteroatoms. The van der Waals surface area contributed by atoms with Crippen LogP contribution in [0.2, 0.25) is 0 Å². The van der Waals surface area contributed by atoms with Gasteiger partial charge in [0, 0.05) is 42.1 Å². The van der Waals surface area contributed by atoms with Crippen LogP contribution < -0.4 is 10.9 Å². The number of hydrogen-bond donors (Lipinski definition) is 2. The third-order valence-corrected chi connectivity index (χ3v) is 5.12. The van der Waals surface area contributed by atoms with Gasteiger partial charge in [0.2, 0.25) is 0 Å². The monoisotopic (exact) mass is 383 g/mol. The molecule has 142 valence electrons. The fourth-order valence-corrected chi connectivity index (χ4v) is 3.61. The van der Waals surface area contributed by atoms with Crippen molar-refractivity contribution in [3.05, 3.63) is 88.5 Å². The highest BCUT2D eigenvalue weighted by Crippen LogP contribution is 2.26. The second-order valence-electron chi connectivity index (χ2n) is 6.95. The fourth-order valence-electron chi connectivity index (χ4n) is 3.61. The number of pyridine rings is 1. The van der Waals surface area contributed by atoms with Gasteiger partial charge in [-0.3, -0.25) is 9.78 Å². The molecule has 2 amide bonds. The van der Waals surface area contributed by atoms with Crippen molar-refractivity contribution in [2.24, 2.45) is 0 Å². The van der Waals surface area contributed by atoms with Gasteiger partial charge in [-0.2, -0.15) is 5.10 Å². The third kappa shape index (κ3) is 3.12. The van der Waals surface area contributed by atoms with E-state index in [0.717, 1.165) is 22.1 Å². The molecule has 0 bridgehead atoms. The van der Waals surface area contributed by atoms with Crippen LogP contribution >= 0.6 is 0 Å². The Balaban J connectivity index is 1.36. The Hall–Kier alpha value is -4.00. The molecule has 0 unspecified atom stereocenters. The van der Waals surface area contributed by atoms with Crippen molar-refractivity contribution in [1.82, 2.24) is 20.1 Å². The van der Waals surface area contributed by atoms with Gasteiger partial charge in [0.15, 0.2) is 0 Å². The molecule has 4 aromatic rings. The molecule has 0 saturated heterocycles. The van der Waals surface area contributed by atoms with Crippen molar-refractivity contribution < 1.29 is 4.79 Å². The van der Waals surface area contributed by atoms with E-state index in [1.54, 1.807) is 23.4 Å². The molecule has 5 rings (SSSR count). The summed E-state index contributed by atoms with van der Waals surface area (Å²) in [6, 6.07) is 16.6. The number of amides is 2. The van der Waals surface area contributed by atoms with Crippen LogP contribution in [0.15, 0.2) is 71.8 Å². The second kappa shape index (κ2) is 6.87. The number of carbonyl (C=O) groups excluding carboxylic acids is 1. The minimum absolute atomic E-state index is 0.151. The van der Waals surface area contributed by atoms with E-state index < -0.39 is 0 Å². The Labute approximate surface area is 166 Å². The molecule has 0 saturated carbocycles. The molecule has 1 aliphatic rings. The van der Waals surface area contributed by atoms with E-state index in [9.17, 15) is 9.59 Å². The smallest absolute Gasteiger partial charge is 0.316 e. The minimum atomic E-state index is -0.213. The number of urea groups is 1. The van der Waals surface area contributed by atoms with Gasteiger partial charge in [0.25, 0.3) is 5.56 Å². The first kappa shape index (κ1) is 17.1. The van der Waals surface area contributed by atoms with Crippen LogP contribution in [0.5, 0.6) is 0 Å². The van der Waals surface area contributed by atoms with Gasteiger partial charge in [-0.25, -0.2) is 9.89 Å². The average molecular weight is 383 g/mol. The van der Waals surface area contributed by atoms with Crippen molar-refractivity contribution in [2.45, 2.75) is 13.1 Å². The molecule has 0 radical (unpaired) electrons. The van der Waals surface area contributed by atoms with E-state index in [0.29, 0.717) is 29.9 Å². The van der Waals surface area contributed by atoms with Crippen LogP contribution in [0.25, 0.3) is 22.0 Å². The van der Waals surface area contributed by atoms with Gasteiger partial charge < -0.3 is 10.2 Å². The van der Waals surface area contributed by atoms with Crippen LogP contribution in [0.3, 0.4) is 0 Å². The maximum atomic E-state index is 12.6. The quantitative estimate of drug-likeness (QED) is 0.554. The fraction of sp³-hybridized carbons (Fsp3) is 0.0909. The number of fused-ring (bicyclic) bond motifs is 2. The van der Waals surface area contributed by atoms with Gasteiger partial charge in [0.1, 0.15) is 0 Å². The highest BCUT2D eigenvalue weighted by atomic mass is 16.2. The third-order valence-electron chi connectivity index (χ3n) is 5.12. The van der Waals surface area contributed by atoms with Crippen LogP contribution in [0.1, 0.15) is 11.1 Å². The van der Waals surface area contributed by atoms with E-state index in [1.807, 2.05) is 48.5 Å². The highest BCUT2D eigenvalue weighted by Gasteiger charge is 2.23. The highest BCUT2D eigenvalue weighted by molar-refractivity contribution is 5.94. The molecule has 2 aromatic carbocycles. The number of aromatic amines is 1. The van der Waals surface area contributed by atoms with Gasteiger partial charge >= 0.3 is 6.03 Å². The molecule has 0 spiro atoms. The first-order valence-corrected chi connectivity index (χ1v) is 9.24. The summed E-state index contributed by atoms with van der Waals surface area (Å²) < 4.78 is 0. The Morgan fingerprint density at radius 1 is 0.966 bits per heavy atom. The van der Waals surface area contributed by atoms with Crippen LogP contribution in [-0.2, 0) is 13.1 Å². The lowest BCUT2D eigenvalue weighted by Gasteiger charge is -2.16. The average Bonchev–Trinajstić information content (AvgIpc) is 3.20. The van der Waals surface area contributed by atoms with E-state index in [1.165, 1.54) is 0 Å². The summed E-state index contributed by atoms with van der Waals surface area (Å²) in [4.78, 5) is 30.4. The largest absolute Gasteiger partial charge is 0.322 e. The molecule has 3 heterocycles. The number of nitrogens with one attached hydrogen (secondary N) is 2. The zero-order valence-electron chi connectivity index (χ0n) is 15.4. The number of nitrogens with zero attached hydrogens (tertiary/aromatic N) is 3. The summed E-state index contributed by atoms with van der Waals surface area (Å²) in [5, 5.41) is 11.1. The summed E-state index contributed by atoms with van der Waals surface area (Å²) >= 11 is 0. The summed E-state index contributed by atoms with van der Waals surface area (Å²) in [5.74, 6) is 0. The number of benzene rings is 2. The molecule has 29 heavy (non-hydrogen) atoms. The number of hydrogen-bond acceptors (Lipinski definition) is 4. The molecular formula is C22H17N5O2. The molecule has 7 nitrogen and oxygen atoms in total. The maximum Gasteiger partial charge on any atom is 0.322 e. The molecule has 0 atom stereocenters. The molecule has 0 aliphatic carbocycles. The SMILES string of the molecule is O=C(Nc1ccc(-c2n[nH]c(=O)c3ccccc23)cc1)N1Cc2ccncc2C1. The topological polar surface area (TPSA) is 91.0 Å². The van der Waals surface area contributed by atoms with E-state index in [-0.39, 0.29) is 11.6 Å². The van der Waals surface area contributed by atoms with Crippen molar-refractivity contribution in [3.63, 3.8) is 0 Å². The summed E-state index contributed by atoms with van der Waals surface area (Å²) in [6.45, 7) is 1.13. The number of rotatable bonds is 2. The molecule has 0 fully saturated rings. The number of H-pyrrole nitrogens is 1. The Kier molecular flexibility index (Phi) is 4.05. The molecule has 2 N–H and O–H groups in total. The Bertz CT molecular complexity index is 1260. The summed E-state index contributed by atoms with van der Waals surface area (Å²) in [6.07, 6.45) is 3.55. The lowest BCUT2D eigenvalue weighted by Crippen LogP contribution is -2.30. The second-order valence-corrected chi connectivity index (χ2v) is 6.95. The number of aromatic nitrogens is 3. The predicted molar refractivity (Wildman–Crippen MR) is 110 cm³/mol. The summed E-state index contributed by atoms with van der Waals surface area (Å²) in [7, 11) is 0. The first-order chi connectivity index (χ1) is 14.2. The first-order valence-electron chi connectivity index (χ1n) is 9.24. The van der Waals surface area contributed by atoms with Gasteiger partial charge in [0.05, 0.1) is 11.1 Å².